The van der Waals surface area contributed by atoms with Gasteiger partial charge in [-0.2, -0.15) is 0 Å². The maximum atomic E-state index is 11.6. The summed E-state index contributed by atoms with van der Waals surface area (Å²) < 4.78 is 1.83. The van der Waals surface area contributed by atoms with E-state index in [9.17, 15) is 9.59 Å². The molecule has 0 aromatic carbocycles. The predicted octanol–water partition coefficient (Wildman–Crippen LogP) is 0.781. The first-order chi connectivity index (χ1) is 8.24. The number of imidazole rings is 1. The Morgan fingerprint density at radius 1 is 1.29 bits per heavy atom. The Bertz CT molecular complexity index is 571. The van der Waals surface area contributed by atoms with Crippen molar-refractivity contribution >= 4 is 23.4 Å². The molecule has 86 valence electrons. The molecule has 3 amide bonds. The molecule has 0 radical (unpaired) electrons. The van der Waals surface area contributed by atoms with Crippen LogP contribution in [0.15, 0.2) is 30.6 Å². The molecule has 6 heteroatoms. The molecule has 1 aliphatic rings. The molecule has 1 aliphatic heterocycles. The van der Waals surface area contributed by atoms with Gasteiger partial charge in [0.15, 0.2) is 5.82 Å². The van der Waals surface area contributed by atoms with E-state index in [1.807, 2.05) is 28.8 Å². The number of fused-ring (bicyclic) bond motifs is 1. The number of amides is 3. The lowest BCUT2D eigenvalue weighted by atomic mass is 10.3. The van der Waals surface area contributed by atoms with E-state index < -0.39 is 6.03 Å². The Hall–Kier alpha value is -2.37. The number of pyridine rings is 1. The molecule has 6 nitrogen and oxygen atoms in total. The number of urea groups is 1. The van der Waals surface area contributed by atoms with Crippen LogP contribution in [0.5, 0.6) is 0 Å². The first kappa shape index (κ1) is 9.83. The quantitative estimate of drug-likeness (QED) is 0.787. The van der Waals surface area contributed by atoms with Gasteiger partial charge in [-0.05, 0) is 12.1 Å². The summed E-state index contributed by atoms with van der Waals surface area (Å²) in [7, 11) is 0. The molecule has 17 heavy (non-hydrogen) atoms. The molecule has 1 N–H and O–H groups in total. The maximum Gasteiger partial charge on any atom is 0.329 e. The van der Waals surface area contributed by atoms with Crippen molar-refractivity contribution in [1.82, 2.24) is 14.7 Å². The summed E-state index contributed by atoms with van der Waals surface area (Å²) >= 11 is 0. The smallest absolute Gasteiger partial charge is 0.305 e. The van der Waals surface area contributed by atoms with Crippen LogP contribution in [0.2, 0.25) is 0 Å². The fourth-order valence-corrected chi connectivity index (χ4v) is 1.83. The van der Waals surface area contributed by atoms with Gasteiger partial charge >= 0.3 is 6.03 Å². The van der Waals surface area contributed by atoms with Crippen LogP contribution in [0.3, 0.4) is 0 Å². The van der Waals surface area contributed by atoms with Crippen LogP contribution >= 0.6 is 0 Å². The predicted molar refractivity (Wildman–Crippen MR) is 60.7 cm³/mol. The van der Waals surface area contributed by atoms with Crippen molar-refractivity contribution in [3.8, 4) is 0 Å². The lowest BCUT2D eigenvalue weighted by Gasteiger charge is -2.24. The van der Waals surface area contributed by atoms with Crippen molar-refractivity contribution in [1.29, 1.82) is 0 Å². The van der Waals surface area contributed by atoms with Crippen molar-refractivity contribution in [2.24, 2.45) is 0 Å². The van der Waals surface area contributed by atoms with Crippen molar-refractivity contribution in [3.63, 3.8) is 0 Å². The van der Waals surface area contributed by atoms with Crippen LogP contribution in [0.1, 0.15) is 6.42 Å². The molecule has 0 saturated carbocycles. The van der Waals surface area contributed by atoms with Gasteiger partial charge < -0.3 is 4.40 Å². The van der Waals surface area contributed by atoms with E-state index in [0.717, 1.165) is 5.65 Å². The number of carbonyl (C=O) groups excluding carboxylic acids is 2. The molecule has 3 heterocycles. The van der Waals surface area contributed by atoms with Crippen molar-refractivity contribution in [2.45, 2.75) is 6.42 Å². The largest absolute Gasteiger partial charge is 0.329 e. The fraction of sp³-hybridized carbons (Fsp3) is 0.182. The summed E-state index contributed by atoms with van der Waals surface area (Å²) in [4.78, 5) is 28.5. The van der Waals surface area contributed by atoms with Gasteiger partial charge in [-0.3, -0.25) is 15.0 Å². The van der Waals surface area contributed by atoms with E-state index in [2.05, 4.69) is 10.3 Å². The Labute approximate surface area is 96.9 Å². The number of hydrogen-bond acceptors (Lipinski definition) is 3. The van der Waals surface area contributed by atoms with Crippen LogP contribution in [0.25, 0.3) is 5.65 Å². The molecule has 0 atom stereocenters. The maximum absolute atomic E-state index is 11.6. The summed E-state index contributed by atoms with van der Waals surface area (Å²) in [6, 6.07) is 5.21. The van der Waals surface area contributed by atoms with E-state index in [4.69, 9.17) is 0 Å². The second kappa shape index (κ2) is 3.58. The lowest BCUT2D eigenvalue weighted by molar-refractivity contribution is -0.120. The van der Waals surface area contributed by atoms with Gasteiger partial charge in [0, 0.05) is 19.2 Å². The Balaban J connectivity index is 1.98. The molecular formula is C11H10N4O2. The highest BCUT2D eigenvalue weighted by Gasteiger charge is 2.25. The molecular weight excluding hydrogens is 220 g/mol. The molecule has 0 bridgehead atoms. The molecule has 1 fully saturated rings. The average molecular weight is 230 g/mol. The molecule has 0 spiro atoms. The van der Waals surface area contributed by atoms with Gasteiger partial charge in [0.25, 0.3) is 0 Å². The Morgan fingerprint density at radius 3 is 2.94 bits per heavy atom. The highest BCUT2D eigenvalue weighted by Crippen LogP contribution is 2.16. The number of aromatic nitrogens is 2. The van der Waals surface area contributed by atoms with Crippen molar-refractivity contribution < 1.29 is 9.59 Å². The number of hydrogen-bond donors (Lipinski definition) is 1. The van der Waals surface area contributed by atoms with Gasteiger partial charge in [-0.25, -0.2) is 9.78 Å². The number of nitrogens with zero attached hydrogens (tertiary/aromatic N) is 3. The number of anilines is 1. The van der Waals surface area contributed by atoms with Gasteiger partial charge in [0.05, 0.1) is 6.20 Å². The summed E-state index contributed by atoms with van der Waals surface area (Å²) in [5.74, 6) is 0.316. The summed E-state index contributed by atoms with van der Waals surface area (Å²) in [6.45, 7) is 0.370. The van der Waals surface area contributed by atoms with Gasteiger partial charge in [0.2, 0.25) is 5.91 Å². The topological polar surface area (TPSA) is 66.7 Å². The van der Waals surface area contributed by atoms with Crippen LogP contribution in [-0.2, 0) is 4.79 Å². The molecule has 0 unspecified atom stereocenters. The monoisotopic (exact) mass is 230 g/mol. The van der Waals surface area contributed by atoms with Crippen LogP contribution < -0.4 is 10.2 Å². The zero-order valence-electron chi connectivity index (χ0n) is 8.96. The minimum absolute atomic E-state index is 0.241. The molecule has 1 saturated heterocycles. The molecule has 3 rings (SSSR count). The minimum atomic E-state index is -0.412. The van der Waals surface area contributed by atoms with Crippen LogP contribution in [0.4, 0.5) is 10.6 Å². The molecule has 0 aliphatic carbocycles. The SMILES string of the molecule is O=C1CCN(c2cn3ccccc3n2)C(=O)N1. The zero-order valence-corrected chi connectivity index (χ0v) is 8.96. The Morgan fingerprint density at radius 2 is 2.18 bits per heavy atom. The second-order valence-corrected chi connectivity index (χ2v) is 3.82. The Kier molecular flexibility index (Phi) is 2.07. The van der Waals surface area contributed by atoms with E-state index in [-0.39, 0.29) is 5.91 Å². The van der Waals surface area contributed by atoms with E-state index in [1.54, 1.807) is 6.20 Å². The highest BCUT2D eigenvalue weighted by molar-refractivity contribution is 6.05. The summed E-state index contributed by atoms with van der Waals surface area (Å²) in [5, 5.41) is 2.27. The van der Waals surface area contributed by atoms with Crippen molar-refractivity contribution in [3.05, 3.63) is 30.6 Å². The van der Waals surface area contributed by atoms with Crippen LogP contribution in [0, 0.1) is 0 Å². The van der Waals surface area contributed by atoms with E-state index >= 15 is 0 Å². The fourth-order valence-electron chi connectivity index (χ4n) is 1.83. The third kappa shape index (κ3) is 1.63. The number of rotatable bonds is 1. The molecule has 2 aromatic rings. The molecule has 2 aromatic heterocycles. The number of nitrogens with one attached hydrogen (secondary N) is 1. The van der Waals surface area contributed by atoms with Gasteiger partial charge in [-0.15, -0.1) is 0 Å². The summed E-state index contributed by atoms with van der Waals surface area (Å²) in [5.41, 5.74) is 0.771. The summed E-state index contributed by atoms with van der Waals surface area (Å²) in [6.07, 6.45) is 3.93. The average Bonchev–Trinajstić information content (AvgIpc) is 2.72. The van der Waals surface area contributed by atoms with E-state index in [1.165, 1.54) is 4.90 Å². The van der Waals surface area contributed by atoms with E-state index in [0.29, 0.717) is 18.8 Å². The standard InChI is InChI=1S/C11H10N4O2/c16-10-4-6-15(11(17)13-10)9-7-14-5-2-1-3-8(14)12-9/h1-3,5,7H,4,6H2,(H,13,16,17). The third-order valence-electron chi connectivity index (χ3n) is 2.68. The highest BCUT2D eigenvalue weighted by atomic mass is 16.2. The minimum Gasteiger partial charge on any atom is -0.305 e. The first-order valence-electron chi connectivity index (χ1n) is 5.29. The van der Waals surface area contributed by atoms with Crippen molar-refractivity contribution in [2.75, 3.05) is 11.4 Å². The third-order valence-corrected chi connectivity index (χ3v) is 2.68. The van der Waals surface area contributed by atoms with Crippen LogP contribution in [-0.4, -0.2) is 27.9 Å². The normalized spacial score (nSPS) is 16.4. The zero-order chi connectivity index (χ0) is 11.8. The first-order valence-corrected chi connectivity index (χ1v) is 5.29. The second-order valence-electron chi connectivity index (χ2n) is 3.82. The number of carbonyl (C=O) groups is 2. The number of imide groups is 1. The van der Waals surface area contributed by atoms with Gasteiger partial charge in [-0.1, -0.05) is 6.07 Å². The van der Waals surface area contributed by atoms with Gasteiger partial charge in [0.1, 0.15) is 5.65 Å². The lowest BCUT2D eigenvalue weighted by Crippen LogP contribution is -2.49.